The first-order chi connectivity index (χ1) is 16.8. The summed E-state index contributed by atoms with van der Waals surface area (Å²) in [7, 11) is -3.67. The number of hydrogen-bond acceptors (Lipinski definition) is 7. The topological polar surface area (TPSA) is 87.0 Å². The lowest BCUT2D eigenvalue weighted by atomic mass is 9.96. The van der Waals surface area contributed by atoms with E-state index >= 15 is 0 Å². The Morgan fingerprint density at radius 1 is 1.06 bits per heavy atom. The molecule has 0 N–H and O–H groups in total. The van der Waals surface area contributed by atoms with Gasteiger partial charge < -0.3 is 9.80 Å². The third-order valence-corrected chi connectivity index (χ3v) is 10.2. The van der Waals surface area contributed by atoms with Crippen LogP contribution in [0.2, 0.25) is 0 Å². The second-order valence-electron chi connectivity index (χ2n) is 9.51. The third-order valence-electron chi connectivity index (χ3n) is 7.27. The summed E-state index contributed by atoms with van der Waals surface area (Å²) in [6.07, 6.45) is 3.88. The molecule has 2 aromatic carbocycles. The van der Waals surface area contributed by atoms with Crippen molar-refractivity contribution in [2.24, 2.45) is 5.92 Å². The second kappa shape index (κ2) is 10.0. The highest BCUT2D eigenvalue weighted by molar-refractivity contribution is 7.99. The van der Waals surface area contributed by atoms with Gasteiger partial charge in [-0.05, 0) is 61.9 Å². The summed E-state index contributed by atoms with van der Waals surface area (Å²) in [4.78, 5) is 16.3. The summed E-state index contributed by atoms with van der Waals surface area (Å²) >= 11 is 1.69. The number of halogens is 1. The normalized spacial score (nSPS) is 22.3. The van der Waals surface area contributed by atoms with E-state index in [2.05, 4.69) is 9.80 Å². The Kier molecular flexibility index (Phi) is 7.02. The van der Waals surface area contributed by atoms with Crippen LogP contribution >= 0.6 is 11.8 Å². The summed E-state index contributed by atoms with van der Waals surface area (Å²) in [5.41, 5.74) is 1.02. The lowest BCUT2D eigenvalue weighted by Gasteiger charge is -2.40. The Balaban J connectivity index is 1.16. The van der Waals surface area contributed by atoms with Crippen LogP contribution in [0.1, 0.15) is 25.7 Å². The predicted molar refractivity (Wildman–Crippen MR) is 134 cm³/mol. The van der Waals surface area contributed by atoms with Crippen molar-refractivity contribution < 1.29 is 17.7 Å². The Labute approximate surface area is 209 Å². The number of non-ortho nitro benzene ring substituents is 1. The van der Waals surface area contributed by atoms with Gasteiger partial charge in [0, 0.05) is 55.8 Å². The Morgan fingerprint density at radius 3 is 2.51 bits per heavy atom. The molecule has 2 saturated heterocycles. The zero-order chi connectivity index (χ0) is 24.6. The van der Waals surface area contributed by atoms with Gasteiger partial charge in [0.25, 0.3) is 5.69 Å². The molecule has 1 unspecified atom stereocenters. The van der Waals surface area contributed by atoms with E-state index in [0.29, 0.717) is 19.1 Å². The predicted octanol–water partition coefficient (Wildman–Crippen LogP) is 4.17. The fraction of sp³-hybridized carbons (Fsp3) is 0.500. The minimum atomic E-state index is -3.67. The zero-order valence-corrected chi connectivity index (χ0v) is 21.0. The van der Waals surface area contributed by atoms with E-state index in [1.807, 2.05) is 6.07 Å². The highest BCUT2D eigenvalue weighted by Gasteiger charge is 2.34. The van der Waals surface area contributed by atoms with Crippen LogP contribution in [-0.4, -0.2) is 67.2 Å². The number of anilines is 1. The van der Waals surface area contributed by atoms with Gasteiger partial charge >= 0.3 is 0 Å². The molecule has 1 atom stereocenters. The molecule has 0 bridgehead atoms. The molecule has 3 aliphatic heterocycles. The lowest BCUT2D eigenvalue weighted by Crippen LogP contribution is -2.48. The van der Waals surface area contributed by atoms with Crippen molar-refractivity contribution in [3.05, 3.63) is 58.4 Å². The highest BCUT2D eigenvalue weighted by atomic mass is 32.2. The molecule has 2 fully saturated rings. The van der Waals surface area contributed by atoms with Gasteiger partial charge in [-0.1, -0.05) is 0 Å². The van der Waals surface area contributed by atoms with Crippen LogP contribution in [0.5, 0.6) is 0 Å². The summed E-state index contributed by atoms with van der Waals surface area (Å²) in [6, 6.07) is 10.6. The number of rotatable bonds is 6. The van der Waals surface area contributed by atoms with E-state index in [0.717, 1.165) is 61.8 Å². The first-order valence-corrected chi connectivity index (χ1v) is 14.4. The smallest absolute Gasteiger partial charge is 0.269 e. The van der Waals surface area contributed by atoms with Gasteiger partial charge in [0.05, 0.1) is 21.4 Å². The number of nitro benzene ring substituents is 1. The number of nitrogens with zero attached hydrogens (tertiary/aromatic N) is 4. The molecule has 3 aliphatic rings. The fourth-order valence-electron chi connectivity index (χ4n) is 5.41. The number of benzene rings is 2. The second-order valence-corrected chi connectivity index (χ2v) is 12.4. The monoisotopic (exact) mass is 520 g/mol. The van der Waals surface area contributed by atoms with Gasteiger partial charge in [-0.2, -0.15) is 4.31 Å². The zero-order valence-electron chi connectivity index (χ0n) is 19.4. The average Bonchev–Trinajstić information content (AvgIpc) is 3.28. The van der Waals surface area contributed by atoms with Crippen LogP contribution in [0.3, 0.4) is 0 Å². The van der Waals surface area contributed by atoms with Crippen molar-refractivity contribution in [3.8, 4) is 0 Å². The maximum atomic E-state index is 13.5. The van der Waals surface area contributed by atoms with Crippen LogP contribution in [0, 0.1) is 21.8 Å². The molecule has 188 valence electrons. The first-order valence-electron chi connectivity index (χ1n) is 12.0. The van der Waals surface area contributed by atoms with Crippen LogP contribution in [-0.2, 0) is 10.0 Å². The number of fused-ring (bicyclic) bond motifs is 1. The molecule has 2 aromatic rings. The number of sulfonamides is 1. The Morgan fingerprint density at radius 2 is 1.80 bits per heavy atom. The molecule has 0 aromatic heterocycles. The Hall–Kier alpha value is -2.21. The van der Waals surface area contributed by atoms with E-state index in [-0.39, 0.29) is 22.3 Å². The molecule has 3 heterocycles. The van der Waals surface area contributed by atoms with E-state index in [1.165, 1.54) is 34.6 Å². The summed E-state index contributed by atoms with van der Waals surface area (Å²) in [5, 5.41) is 10.9. The van der Waals surface area contributed by atoms with Crippen LogP contribution in [0.25, 0.3) is 0 Å². The van der Waals surface area contributed by atoms with Crippen molar-refractivity contribution in [2.75, 3.05) is 43.5 Å². The highest BCUT2D eigenvalue weighted by Crippen LogP contribution is 2.41. The van der Waals surface area contributed by atoms with E-state index < -0.39 is 14.9 Å². The first kappa shape index (κ1) is 24.5. The van der Waals surface area contributed by atoms with E-state index in [4.69, 9.17) is 0 Å². The maximum absolute atomic E-state index is 13.5. The fourth-order valence-corrected chi connectivity index (χ4v) is 8.13. The minimum Gasteiger partial charge on any atom is -0.358 e. The van der Waals surface area contributed by atoms with Crippen LogP contribution in [0.15, 0.2) is 52.3 Å². The molecule has 0 amide bonds. The summed E-state index contributed by atoms with van der Waals surface area (Å²) in [5.74, 6) is 0.936. The maximum Gasteiger partial charge on any atom is 0.269 e. The number of nitro groups is 1. The standard InChI is InChI=1S/C24H29FN4O4S2/c25-19-3-8-23-24(14-19)34-17-28(23)20-9-12-26(13-10-20)15-18-2-1-11-27(16-18)35(32,33)22-6-4-21(5-7-22)29(30)31/h3-8,14,18,20H,1-2,9-13,15-17H2. The third kappa shape index (κ3) is 5.18. The molecular weight excluding hydrogens is 491 g/mol. The molecule has 0 spiro atoms. The molecule has 8 nitrogen and oxygen atoms in total. The van der Waals surface area contributed by atoms with Crippen molar-refractivity contribution in [3.63, 3.8) is 0 Å². The minimum absolute atomic E-state index is 0.105. The summed E-state index contributed by atoms with van der Waals surface area (Å²) < 4.78 is 41.3. The van der Waals surface area contributed by atoms with Crippen molar-refractivity contribution in [1.82, 2.24) is 9.21 Å². The van der Waals surface area contributed by atoms with Crippen molar-refractivity contribution in [2.45, 2.75) is 41.5 Å². The molecular formula is C24H29FN4O4S2. The lowest BCUT2D eigenvalue weighted by molar-refractivity contribution is -0.384. The summed E-state index contributed by atoms with van der Waals surface area (Å²) in [6.45, 7) is 3.75. The largest absolute Gasteiger partial charge is 0.358 e. The number of likely N-dealkylation sites (tertiary alicyclic amines) is 1. The van der Waals surface area contributed by atoms with Gasteiger partial charge in [0.15, 0.2) is 0 Å². The molecule has 11 heteroatoms. The number of piperidine rings is 2. The van der Waals surface area contributed by atoms with Crippen LogP contribution < -0.4 is 4.90 Å². The molecule has 35 heavy (non-hydrogen) atoms. The van der Waals surface area contributed by atoms with E-state index in [9.17, 15) is 22.9 Å². The van der Waals surface area contributed by atoms with Gasteiger partial charge in [-0.3, -0.25) is 10.1 Å². The quantitative estimate of drug-likeness (QED) is 0.417. The van der Waals surface area contributed by atoms with Gasteiger partial charge in [0.1, 0.15) is 5.82 Å². The average molecular weight is 521 g/mol. The van der Waals surface area contributed by atoms with E-state index in [1.54, 1.807) is 17.8 Å². The van der Waals surface area contributed by atoms with Crippen molar-refractivity contribution in [1.29, 1.82) is 0 Å². The van der Waals surface area contributed by atoms with Gasteiger partial charge in [-0.25, -0.2) is 12.8 Å². The molecule has 5 rings (SSSR count). The van der Waals surface area contributed by atoms with Crippen molar-refractivity contribution >= 4 is 33.2 Å². The molecule has 0 saturated carbocycles. The Bertz CT molecular complexity index is 1190. The SMILES string of the molecule is O=[N+]([O-])c1ccc(S(=O)(=O)N2CCCC(CN3CCC(N4CSc5cc(F)ccc54)CC3)C2)cc1. The molecule has 0 radical (unpaired) electrons. The number of thioether (sulfide) groups is 1. The van der Waals surface area contributed by atoms with Crippen LogP contribution in [0.4, 0.5) is 15.8 Å². The van der Waals surface area contributed by atoms with Gasteiger partial charge in [0.2, 0.25) is 10.0 Å². The van der Waals surface area contributed by atoms with Gasteiger partial charge in [-0.15, -0.1) is 11.8 Å². The number of hydrogen-bond donors (Lipinski definition) is 0. The molecule has 0 aliphatic carbocycles.